The zero-order valence-electron chi connectivity index (χ0n) is 19.0. The van der Waals surface area contributed by atoms with E-state index in [1.54, 1.807) is 0 Å². The minimum Gasteiger partial charge on any atom is -0.394 e. The number of amides is 2. The maximum Gasteiger partial charge on any atom is 0.253 e. The Bertz CT molecular complexity index is 885. The fraction of sp³-hybridized carbons (Fsp3) is 0.550. The number of aliphatic hydroxyl groups is 6. The normalized spacial score (nSPS) is 13.6. The number of hydrogen-bond acceptors (Lipinski definition) is 11. The molecule has 36 heavy (non-hydrogen) atoms. The van der Waals surface area contributed by atoms with Crippen molar-refractivity contribution in [2.75, 3.05) is 57.4 Å². The molecule has 3 unspecified atom stereocenters. The number of benzene rings is 1. The van der Waals surface area contributed by atoms with Gasteiger partial charge in [-0.3, -0.25) is 14.4 Å². The third kappa shape index (κ3) is 9.38. The highest BCUT2D eigenvalue weighted by Gasteiger charge is 2.31. The Hall–Kier alpha value is -0.460. The van der Waals surface area contributed by atoms with Crippen molar-refractivity contribution < 1.29 is 45.0 Å². The highest BCUT2D eigenvalue weighted by Crippen LogP contribution is 2.38. The van der Waals surface area contributed by atoms with Crippen LogP contribution in [0.1, 0.15) is 20.7 Å². The molecule has 0 heterocycles. The van der Waals surface area contributed by atoms with Crippen molar-refractivity contribution >= 4 is 91.1 Å². The SMILES string of the molecule is NCC(=O)CN(CC(O)CO)c1c(I)c(C(=O)NCC(O)CO)c(I)c(C(=O)NCC(O)CO)c1I. The topological polar surface area (TPSA) is 226 Å². The average Bonchev–Trinajstić information content (AvgIpc) is 2.85. The van der Waals surface area contributed by atoms with Crippen LogP contribution in [0.2, 0.25) is 0 Å². The molecule has 0 saturated heterocycles. The van der Waals surface area contributed by atoms with Gasteiger partial charge < -0.3 is 51.9 Å². The van der Waals surface area contributed by atoms with Gasteiger partial charge in [0, 0.05) is 23.2 Å². The minimum absolute atomic E-state index is 0.0355. The Morgan fingerprint density at radius 1 is 0.778 bits per heavy atom. The standard InChI is InChI=1S/C20H29I3N4O9/c21-15-13(19(35)25-2-10(32)6-28)16(22)18(27(4-9(31)1-24)5-12(34)8-30)17(23)14(15)20(36)26-3-11(33)7-29/h10-12,28-30,32-34H,1-8,24H2,(H,25,35)(H,26,36). The Labute approximate surface area is 248 Å². The molecular weight excluding hydrogens is 821 g/mol. The fourth-order valence-electron chi connectivity index (χ4n) is 2.88. The number of nitrogens with zero attached hydrogens (tertiary/aromatic N) is 1. The van der Waals surface area contributed by atoms with Crippen molar-refractivity contribution in [3.8, 4) is 0 Å². The predicted molar refractivity (Wildman–Crippen MR) is 155 cm³/mol. The molecule has 1 rings (SSSR count). The molecular formula is C20H29I3N4O9. The van der Waals surface area contributed by atoms with Crippen molar-refractivity contribution in [3.63, 3.8) is 0 Å². The molecule has 3 atom stereocenters. The molecule has 0 bridgehead atoms. The second kappa shape index (κ2) is 16.5. The van der Waals surface area contributed by atoms with E-state index in [4.69, 9.17) is 15.9 Å². The first-order chi connectivity index (χ1) is 16.9. The van der Waals surface area contributed by atoms with Gasteiger partial charge in [0.1, 0.15) is 0 Å². The molecule has 0 spiro atoms. The summed E-state index contributed by atoms with van der Waals surface area (Å²) in [6.45, 7) is -3.12. The van der Waals surface area contributed by atoms with E-state index >= 15 is 0 Å². The smallest absolute Gasteiger partial charge is 0.253 e. The summed E-state index contributed by atoms with van der Waals surface area (Å²) in [7, 11) is 0. The molecule has 10 N–H and O–H groups in total. The maximum atomic E-state index is 13.1. The number of Topliss-reactive ketones (excluding diaryl/α,β-unsaturated/α-hetero) is 1. The lowest BCUT2D eigenvalue weighted by Gasteiger charge is -2.30. The van der Waals surface area contributed by atoms with Crippen LogP contribution in [0.15, 0.2) is 0 Å². The molecule has 0 aliphatic carbocycles. The first kappa shape index (κ1) is 33.6. The van der Waals surface area contributed by atoms with Gasteiger partial charge >= 0.3 is 0 Å². The molecule has 13 nitrogen and oxygen atoms in total. The van der Waals surface area contributed by atoms with E-state index in [9.17, 15) is 34.8 Å². The van der Waals surface area contributed by atoms with Gasteiger partial charge in [-0.25, -0.2) is 0 Å². The van der Waals surface area contributed by atoms with Crippen molar-refractivity contribution in [1.29, 1.82) is 0 Å². The summed E-state index contributed by atoms with van der Waals surface area (Å²) in [6, 6.07) is 0. The monoisotopic (exact) mass is 850 g/mol. The summed E-state index contributed by atoms with van der Waals surface area (Å²) in [5.74, 6) is -1.75. The van der Waals surface area contributed by atoms with E-state index in [0.29, 0.717) is 7.14 Å². The van der Waals surface area contributed by atoms with Gasteiger partial charge in [-0.1, -0.05) is 0 Å². The number of aliphatic hydroxyl groups excluding tert-OH is 6. The third-order valence-corrected chi connectivity index (χ3v) is 7.90. The lowest BCUT2D eigenvalue weighted by atomic mass is 10.1. The van der Waals surface area contributed by atoms with Crippen molar-refractivity contribution in [2.24, 2.45) is 5.73 Å². The lowest BCUT2D eigenvalue weighted by Crippen LogP contribution is -2.42. The molecule has 0 aliphatic rings. The van der Waals surface area contributed by atoms with Crippen LogP contribution in [-0.2, 0) is 4.79 Å². The van der Waals surface area contributed by atoms with Gasteiger partial charge in [0.2, 0.25) is 0 Å². The Morgan fingerprint density at radius 2 is 1.19 bits per heavy atom. The highest BCUT2D eigenvalue weighted by molar-refractivity contribution is 14.1. The van der Waals surface area contributed by atoms with E-state index in [2.05, 4.69) is 10.6 Å². The highest BCUT2D eigenvalue weighted by atomic mass is 127. The molecule has 1 aromatic carbocycles. The predicted octanol–water partition coefficient (Wildman–Crippen LogP) is -2.65. The van der Waals surface area contributed by atoms with Crippen molar-refractivity contribution in [2.45, 2.75) is 18.3 Å². The van der Waals surface area contributed by atoms with E-state index in [1.807, 2.05) is 67.8 Å². The molecule has 2 amide bonds. The number of ketones is 1. The van der Waals surface area contributed by atoms with Gasteiger partial charge in [-0.2, -0.15) is 0 Å². The summed E-state index contributed by atoms with van der Waals surface area (Å²) in [5, 5.41) is 61.8. The number of carbonyl (C=O) groups excluding carboxylic acids is 3. The Kier molecular flexibility index (Phi) is 15.4. The fourth-order valence-corrected chi connectivity index (χ4v) is 7.71. The van der Waals surface area contributed by atoms with Crippen LogP contribution in [0.3, 0.4) is 0 Å². The van der Waals surface area contributed by atoms with E-state index in [1.165, 1.54) is 4.90 Å². The molecule has 1 aromatic rings. The summed E-state index contributed by atoms with van der Waals surface area (Å²) < 4.78 is 0.864. The van der Waals surface area contributed by atoms with E-state index in [0.717, 1.165) is 0 Å². The number of halogens is 3. The first-order valence-electron chi connectivity index (χ1n) is 10.5. The minimum atomic E-state index is -1.25. The van der Waals surface area contributed by atoms with Gasteiger partial charge in [-0.15, -0.1) is 0 Å². The van der Waals surface area contributed by atoms with Gasteiger partial charge in [0.25, 0.3) is 11.8 Å². The van der Waals surface area contributed by atoms with Crippen LogP contribution in [0, 0.1) is 10.7 Å². The molecule has 16 heteroatoms. The number of anilines is 1. The van der Waals surface area contributed by atoms with Crippen LogP contribution in [-0.4, -0.2) is 119 Å². The summed E-state index contributed by atoms with van der Waals surface area (Å²) in [4.78, 5) is 39.9. The second-order valence-electron chi connectivity index (χ2n) is 7.59. The molecule has 0 radical (unpaired) electrons. The largest absolute Gasteiger partial charge is 0.394 e. The molecule has 0 aliphatic heterocycles. The van der Waals surface area contributed by atoms with E-state index < -0.39 is 55.7 Å². The van der Waals surface area contributed by atoms with Crippen LogP contribution in [0.25, 0.3) is 0 Å². The average molecular weight is 850 g/mol. The molecule has 204 valence electrons. The number of rotatable bonds is 15. The molecule has 0 saturated carbocycles. The zero-order chi connectivity index (χ0) is 27.6. The Balaban J connectivity index is 3.76. The summed E-state index contributed by atoms with van der Waals surface area (Å²) in [5.41, 5.74) is 5.80. The molecule has 0 aromatic heterocycles. The first-order valence-corrected chi connectivity index (χ1v) is 13.8. The number of nitrogens with one attached hydrogen (secondary N) is 2. The molecule has 0 fully saturated rings. The quantitative estimate of drug-likeness (QED) is 0.0830. The number of hydrogen-bond donors (Lipinski definition) is 9. The van der Waals surface area contributed by atoms with Gasteiger partial charge in [-0.05, 0) is 67.8 Å². The summed E-state index contributed by atoms with van der Waals surface area (Å²) in [6.07, 6.45) is -3.68. The second-order valence-corrected chi connectivity index (χ2v) is 10.8. The number of nitrogens with two attached hydrogens (primary N) is 1. The van der Waals surface area contributed by atoms with Crippen LogP contribution >= 0.6 is 67.8 Å². The van der Waals surface area contributed by atoms with Crippen LogP contribution in [0.4, 0.5) is 5.69 Å². The number of carbonyl (C=O) groups is 3. The van der Waals surface area contributed by atoms with Crippen molar-refractivity contribution in [3.05, 3.63) is 21.8 Å². The maximum absolute atomic E-state index is 13.1. The van der Waals surface area contributed by atoms with Gasteiger partial charge in [0.15, 0.2) is 5.78 Å². The van der Waals surface area contributed by atoms with Crippen LogP contribution in [0.5, 0.6) is 0 Å². The summed E-state index contributed by atoms with van der Waals surface area (Å²) >= 11 is 5.55. The lowest BCUT2D eigenvalue weighted by molar-refractivity contribution is -0.116. The Morgan fingerprint density at radius 3 is 1.56 bits per heavy atom. The van der Waals surface area contributed by atoms with Gasteiger partial charge in [0.05, 0.1) is 75.2 Å². The van der Waals surface area contributed by atoms with E-state index in [-0.39, 0.29) is 53.1 Å². The van der Waals surface area contributed by atoms with Crippen LogP contribution < -0.4 is 21.3 Å². The third-order valence-electron chi connectivity index (χ3n) is 4.72. The zero-order valence-corrected chi connectivity index (χ0v) is 25.4. The van der Waals surface area contributed by atoms with Crippen molar-refractivity contribution in [1.82, 2.24) is 10.6 Å².